The predicted octanol–water partition coefficient (Wildman–Crippen LogP) is 6.60. The molecule has 6 fully saturated rings. The fourth-order valence-corrected chi connectivity index (χ4v) is 12.4. The lowest BCUT2D eigenvalue weighted by molar-refractivity contribution is -0.199. The molecule has 12 atom stereocenters. The van der Waals surface area contributed by atoms with Gasteiger partial charge in [-0.1, -0.05) is 27.7 Å². The summed E-state index contributed by atoms with van der Waals surface area (Å²) in [7, 11) is 0. The van der Waals surface area contributed by atoms with E-state index in [1.165, 1.54) is 0 Å². The van der Waals surface area contributed by atoms with E-state index in [0.29, 0.717) is 18.3 Å². The van der Waals surface area contributed by atoms with Crippen LogP contribution in [0, 0.1) is 51.2 Å². The number of ether oxygens (including phenoxy) is 1. The lowest BCUT2D eigenvalue weighted by atomic mass is 9.42. The van der Waals surface area contributed by atoms with Gasteiger partial charge >= 0.3 is 0 Å². The quantitative estimate of drug-likeness (QED) is 0.455. The van der Waals surface area contributed by atoms with E-state index < -0.39 is 29.1 Å². The number of aliphatic hydroxyl groups is 2. The van der Waals surface area contributed by atoms with Gasteiger partial charge in [-0.3, -0.25) is 0 Å². The van der Waals surface area contributed by atoms with Gasteiger partial charge in [0.2, 0.25) is 0 Å². The van der Waals surface area contributed by atoms with Crippen molar-refractivity contribution in [2.45, 2.75) is 136 Å². The Morgan fingerprint density at radius 1 is 0.857 bits per heavy atom. The molecule has 1 aliphatic heterocycles. The Hall–Kier alpha value is -0.260. The van der Waals surface area contributed by atoms with Gasteiger partial charge in [-0.15, -0.1) is 0 Å². The van der Waals surface area contributed by atoms with Crippen LogP contribution >= 0.6 is 0 Å². The van der Waals surface area contributed by atoms with Crippen LogP contribution < -0.4 is 0 Å². The third-order valence-electron chi connectivity index (χ3n) is 14.1. The highest BCUT2D eigenvalue weighted by Crippen LogP contribution is 2.91. The van der Waals surface area contributed by atoms with Crippen molar-refractivity contribution in [1.82, 2.24) is 0 Å². The molecule has 200 valence electrons. The summed E-state index contributed by atoms with van der Waals surface area (Å²) in [6, 6.07) is 0. The van der Waals surface area contributed by atoms with E-state index in [0.717, 1.165) is 44.9 Å². The molecule has 0 aromatic carbocycles. The van der Waals surface area contributed by atoms with E-state index >= 15 is 0 Å². The van der Waals surface area contributed by atoms with E-state index in [1.807, 2.05) is 20.8 Å². The lowest BCUT2D eigenvalue weighted by Crippen LogP contribution is -2.58. The van der Waals surface area contributed by atoms with Crippen LogP contribution in [-0.4, -0.2) is 39.5 Å². The molecule has 35 heavy (non-hydrogen) atoms. The Morgan fingerprint density at radius 3 is 2.14 bits per heavy atom. The van der Waals surface area contributed by atoms with Crippen molar-refractivity contribution in [2.24, 2.45) is 51.2 Å². The minimum absolute atomic E-state index is 0.0273. The summed E-state index contributed by atoms with van der Waals surface area (Å²) in [6.45, 7) is 14.9. The molecule has 6 rings (SSSR count). The molecular weight excluding hydrogens is 446 g/mol. The molecule has 0 aromatic rings. The van der Waals surface area contributed by atoms with Crippen LogP contribution in [0.3, 0.4) is 0 Å². The molecule has 3 nitrogen and oxygen atoms in total. The standard InChI is InChI=1S/C30H48F2O3/c1-17-19-8-9-21-26(6)16-20(33)23(27(7)11-10-22(35-27)24(3,4)34)25(26,5)12-13-29(21)18(2)28(19,29)14-15-30(17,31)32/h17-23,33-34H,8-16H2,1-7H3/t17-,18?,19?,20?,21?,22?,23?,25?,26+,27?,28?,29?/m1/s1. The molecule has 0 radical (unpaired) electrons. The van der Waals surface area contributed by atoms with Crippen LogP contribution in [-0.2, 0) is 4.74 Å². The number of aliphatic hydroxyl groups excluding tert-OH is 1. The van der Waals surface area contributed by atoms with Crippen LogP contribution in [0.4, 0.5) is 8.78 Å². The Kier molecular flexibility index (Phi) is 4.89. The van der Waals surface area contributed by atoms with Gasteiger partial charge < -0.3 is 14.9 Å². The molecule has 10 unspecified atom stereocenters. The third kappa shape index (κ3) is 2.67. The minimum atomic E-state index is -2.53. The van der Waals surface area contributed by atoms with Gasteiger partial charge in [0.1, 0.15) is 0 Å². The molecular formula is C30H48F2O3. The summed E-state index contributed by atoms with van der Waals surface area (Å²) in [5, 5.41) is 22.4. The number of hydrogen-bond donors (Lipinski definition) is 2. The van der Waals surface area contributed by atoms with Gasteiger partial charge in [-0.25, -0.2) is 8.78 Å². The van der Waals surface area contributed by atoms with Gasteiger partial charge in [-0.05, 0) is 112 Å². The van der Waals surface area contributed by atoms with Crippen LogP contribution in [0.2, 0.25) is 0 Å². The first-order valence-corrected chi connectivity index (χ1v) is 14.5. The minimum Gasteiger partial charge on any atom is -0.393 e. The maximum Gasteiger partial charge on any atom is 0.250 e. The second kappa shape index (κ2) is 6.84. The highest BCUT2D eigenvalue weighted by Gasteiger charge is 2.86. The average molecular weight is 495 g/mol. The van der Waals surface area contributed by atoms with Gasteiger partial charge in [-0.2, -0.15) is 0 Å². The van der Waals surface area contributed by atoms with Gasteiger partial charge in [0.25, 0.3) is 5.92 Å². The zero-order chi connectivity index (χ0) is 25.6. The van der Waals surface area contributed by atoms with E-state index in [1.54, 1.807) is 0 Å². The van der Waals surface area contributed by atoms with Crippen LogP contribution in [0.1, 0.15) is 106 Å². The topological polar surface area (TPSA) is 49.7 Å². The van der Waals surface area contributed by atoms with Crippen LogP contribution in [0.5, 0.6) is 0 Å². The van der Waals surface area contributed by atoms with Crippen molar-refractivity contribution in [2.75, 3.05) is 0 Å². The first kappa shape index (κ1) is 25.0. The molecule has 1 saturated heterocycles. The van der Waals surface area contributed by atoms with Crippen molar-refractivity contribution in [3.8, 4) is 0 Å². The lowest BCUT2D eigenvalue weighted by Gasteiger charge is -2.62. The van der Waals surface area contributed by atoms with Crippen molar-refractivity contribution < 1.29 is 23.7 Å². The molecule has 0 aromatic heterocycles. The van der Waals surface area contributed by atoms with Crippen molar-refractivity contribution >= 4 is 0 Å². The number of fused-ring (bicyclic) bond motifs is 2. The van der Waals surface area contributed by atoms with Gasteiger partial charge in [0.15, 0.2) is 0 Å². The van der Waals surface area contributed by atoms with Crippen molar-refractivity contribution in [1.29, 1.82) is 0 Å². The SMILES string of the molecule is CC1C23CCC(F)(F)[C@H](C)C2CCC2C13CCC1(C)C(C3(C)CCC(C(C)(C)O)O3)C(O)C[C@@]21C. The molecule has 6 aliphatic rings. The number of hydrogen-bond acceptors (Lipinski definition) is 3. The Bertz CT molecular complexity index is 916. The summed E-state index contributed by atoms with van der Waals surface area (Å²) < 4.78 is 36.3. The highest BCUT2D eigenvalue weighted by molar-refractivity contribution is 5.34. The largest absolute Gasteiger partial charge is 0.393 e. The molecule has 5 heteroatoms. The maximum atomic E-state index is 14.8. The summed E-state index contributed by atoms with van der Waals surface area (Å²) in [6.07, 6.45) is 6.63. The third-order valence-corrected chi connectivity index (χ3v) is 14.1. The summed E-state index contributed by atoms with van der Waals surface area (Å²) in [5.74, 6) is -1.90. The van der Waals surface area contributed by atoms with E-state index in [9.17, 15) is 19.0 Å². The zero-order valence-electron chi connectivity index (χ0n) is 23.0. The average Bonchev–Trinajstić information content (AvgIpc) is 2.96. The van der Waals surface area contributed by atoms with Crippen LogP contribution in [0.25, 0.3) is 0 Å². The first-order valence-electron chi connectivity index (χ1n) is 14.5. The van der Waals surface area contributed by atoms with Crippen LogP contribution in [0.15, 0.2) is 0 Å². The zero-order valence-corrected chi connectivity index (χ0v) is 23.0. The van der Waals surface area contributed by atoms with E-state index in [4.69, 9.17) is 4.74 Å². The highest BCUT2D eigenvalue weighted by atomic mass is 19.3. The molecule has 0 amide bonds. The fourth-order valence-electron chi connectivity index (χ4n) is 12.4. The maximum absolute atomic E-state index is 14.8. The van der Waals surface area contributed by atoms with E-state index in [2.05, 4.69) is 27.7 Å². The van der Waals surface area contributed by atoms with E-state index in [-0.39, 0.29) is 46.0 Å². The first-order chi connectivity index (χ1) is 16.0. The Morgan fingerprint density at radius 2 is 1.51 bits per heavy atom. The monoisotopic (exact) mass is 494 g/mol. The normalized spacial score (nSPS) is 60.9. The molecule has 1 heterocycles. The second-order valence-corrected chi connectivity index (χ2v) is 15.3. The molecule has 2 N–H and O–H groups in total. The summed E-state index contributed by atoms with van der Waals surface area (Å²) in [5.41, 5.74) is -1.20. The molecule has 5 aliphatic carbocycles. The molecule has 5 saturated carbocycles. The Balaban J connectivity index is 1.36. The predicted molar refractivity (Wildman–Crippen MR) is 132 cm³/mol. The van der Waals surface area contributed by atoms with Gasteiger partial charge in [0, 0.05) is 18.3 Å². The fraction of sp³-hybridized carbons (Fsp3) is 1.00. The number of alkyl halides is 2. The summed E-state index contributed by atoms with van der Waals surface area (Å²) >= 11 is 0. The summed E-state index contributed by atoms with van der Waals surface area (Å²) in [4.78, 5) is 0. The smallest absolute Gasteiger partial charge is 0.250 e. The second-order valence-electron chi connectivity index (χ2n) is 15.3. The van der Waals surface area contributed by atoms with Gasteiger partial charge in [0.05, 0.1) is 23.4 Å². The van der Waals surface area contributed by atoms with Crippen molar-refractivity contribution in [3.63, 3.8) is 0 Å². The molecule has 0 bridgehead atoms. The number of halogens is 2. The number of rotatable bonds is 2. The molecule has 2 spiro atoms. The van der Waals surface area contributed by atoms with Crippen molar-refractivity contribution in [3.05, 3.63) is 0 Å². The Labute approximate surface area is 210 Å².